The van der Waals surface area contributed by atoms with Gasteiger partial charge in [-0.05, 0) is 27.2 Å². The maximum absolute atomic E-state index is 11.9. The van der Waals surface area contributed by atoms with Gasteiger partial charge in [0.2, 0.25) is 0 Å². The molecule has 0 aromatic heterocycles. The van der Waals surface area contributed by atoms with Crippen LogP contribution in [0.4, 0.5) is 4.79 Å². The van der Waals surface area contributed by atoms with Crippen molar-refractivity contribution in [2.45, 2.75) is 44.9 Å². The Morgan fingerprint density at radius 2 is 2.05 bits per heavy atom. The van der Waals surface area contributed by atoms with Gasteiger partial charge < -0.3 is 25.2 Å². The summed E-state index contributed by atoms with van der Waals surface area (Å²) in [4.78, 5) is 30.6. The quantitative estimate of drug-likeness (QED) is 0.645. The van der Waals surface area contributed by atoms with Crippen molar-refractivity contribution < 1.29 is 28.4 Å². The largest absolute Gasteiger partial charge is 0.469 e. The van der Waals surface area contributed by atoms with Gasteiger partial charge in [0.15, 0.2) is 0 Å². The van der Waals surface area contributed by atoms with Crippen molar-refractivity contribution in [1.82, 2.24) is 4.90 Å². The zero-order valence-corrected chi connectivity index (χ0v) is 12.2. The van der Waals surface area contributed by atoms with Crippen molar-refractivity contribution in [2.24, 2.45) is 5.73 Å². The summed E-state index contributed by atoms with van der Waals surface area (Å²) in [7, 11) is -4.56. The SMILES string of the molecule is CC(C)(C)OC(=O)N1C[C@@H](N)C[C@H]1COP(=O)(O)O. The van der Waals surface area contributed by atoms with Crippen LogP contribution in [0.15, 0.2) is 0 Å². The average Bonchev–Trinajstić information content (AvgIpc) is 2.53. The van der Waals surface area contributed by atoms with Crippen LogP contribution in [-0.4, -0.2) is 51.6 Å². The second kappa shape index (κ2) is 5.76. The minimum atomic E-state index is -4.56. The molecule has 9 heteroatoms. The van der Waals surface area contributed by atoms with Gasteiger partial charge in [0.05, 0.1) is 12.6 Å². The lowest BCUT2D eigenvalue weighted by Crippen LogP contribution is -2.42. The molecular weight excluding hydrogens is 275 g/mol. The van der Waals surface area contributed by atoms with Crippen LogP contribution in [0.2, 0.25) is 0 Å². The normalized spacial score (nSPS) is 24.6. The zero-order chi connectivity index (χ0) is 14.8. The van der Waals surface area contributed by atoms with E-state index in [4.69, 9.17) is 20.3 Å². The van der Waals surface area contributed by atoms with Crippen LogP contribution in [0, 0.1) is 0 Å². The van der Waals surface area contributed by atoms with Crippen LogP contribution < -0.4 is 5.73 Å². The molecule has 0 bridgehead atoms. The number of phosphoric ester groups is 1. The summed E-state index contributed by atoms with van der Waals surface area (Å²) in [5.41, 5.74) is 5.12. The third kappa shape index (κ3) is 5.88. The first kappa shape index (κ1) is 16.4. The monoisotopic (exact) mass is 296 g/mol. The molecule has 0 aromatic rings. The molecule has 2 atom stereocenters. The second-order valence-corrected chi connectivity index (χ2v) is 6.81. The molecule has 8 nitrogen and oxygen atoms in total. The van der Waals surface area contributed by atoms with Crippen molar-refractivity contribution in [3.63, 3.8) is 0 Å². The van der Waals surface area contributed by atoms with Gasteiger partial charge in [-0.15, -0.1) is 0 Å². The Labute approximate surface area is 112 Å². The first-order valence-electron chi connectivity index (χ1n) is 5.93. The van der Waals surface area contributed by atoms with Gasteiger partial charge in [-0.25, -0.2) is 9.36 Å². The lowest BCUT2D eigenvalue weighted by Gasteiger charge is -2.28. The fraction of sp³-hybridized carbons (Fsp3) is 0.900. The molecule has 0 unspecified atom stereocenters. The number of hydrogen-bond acceptors (Lipinski definition) is 5. The second-order valence-electron chi connectivity index (χ2n) is 5.57. The first-order valence-corrected chi connectivity index (χ1v) is 7.46. The molecule has 1 fully saturated rings. The third-order valence-corrected chi connectivity index (χ3v) is 3.00. The minimum absolute atomic E-state index is 0.252. The third-order valence-electron chi connectivity index (χ3n) is 2.51. The van der Waals surface area contributed by atoms with E-state index in [0.29, 0.717) is 6.42 Å². The molecule has 1 aliphatic rings. The van der Waals surface area contributed by atoms with E-state index in [0.717, 1.165) is 0 Å². The predicted molar refractivity (Wildman–Crippen MR) is 67.3 cm³/mol. The molecule has 0 radical (unpaired) electrons. The van der Waals surface area contributed by atoms with E-state index in [1.54, 1.807) is 20.8 Å². The number of amides is 1. The number of phosphoric acid groups is 1. The highest BCUT2D eigenvalue weighted by atomic mass is 31.2. The molecule has 1 rings (SSSR count). The summed E-state index contributed by atoms with van der Waals surface area (Å²) in [5.74, 6) is 0. The van der Waals surface area contributed by atoms with Gasteiger partial charge in [-0.2, -0.15) is 0 Å². The Kier molecular flexibility index (Phi) is 4.97. The lowest BCUT2D eigenvalue weighted by atomic mass is 10.2. The van der Waals surface area contributed by atoms with Gasteiger partial charge in [0.1, 0.15) is 5.60 Å². The van der Waals surface area contributed by atoms with Crippen LogP contribution >= 0.6 is 7.82 Å². The van der Waals surface area contributed by atoms with Crippen molar-refractivity contribution in [3.8, 4) is 0 Å². The number of carbonyl (C=O) groups is 1. The molecule has 0 saturated carbocycles. The standard InChI is InChI=1S/C10H21N2O6P/c1-10(2,3)18-9(13)12-5-7(11)4-8(12)6-17-19(14,15)16/h7-8H,4-6,11H2,1-3H3,(H2,14,15,16)/t7-,8-/m0/s1. The van der Waals surface area contributed by atoms with Gasteiger partial charge >= 0.3 is 13.9 Å². The molecule has 0 spiro atoms. The zero-order valence-electron chi connectivity index (χ0n) is 11.3. The minimum Gasteiger partial charge on any atom is -0.444 e. The molecule has 0 aromatic carbocycles. The van der Waals surface area contributed by atoms with Crippen LogP contribution in [-0.2, 0) is 13.8 Å². The van der Waals surface area contributed by atoms with E-state index < -0.39 is 25.6 Å². The number of nitrogens with two attached hydrogens (primary N) is 1. The van der Waals surface area contributed by atoms with Crippen molar-refractivity contribution in [1.29, 1.82) is 0 Å². The van der Waals surface area contributed by atoms with E-state index in [1.807, 2.05) is 0 Å². The van der Waals surface area contributed by atoms with E-state index in [1.165, 1.54) is 4.90 Å². The summed E-state index contributed by atoms with van der Waals surface area (Å²) in [6.07, 6.45) is -0.140. The number of ether oxygens (including phenoxy) is 1. The van der Waals surface area contributed by atoms with Gasteiger partial charge in [0.25, 0.3) is 0 Å². The topological polar surface area (TPSA) is 122 Å². The summed E-state index contributed by atoms with van der Waals surface area (Å²) < 4.78 is 20.3. The summed E-state index contributed by atoms with van der Waals surface area (Å²) in [6.45, 7) is 5.23. The molecule has 112 valence electrons. The van der Waals surface area contributed by atoms with E-state index in [-0.39, 0.29) is 19.2 Å². The van der Waals surface area contributed by atoms with E-state index in [9.17, 15) is 9.36 Å². The van der Waals surface area contributed by atoms with Crippen LogP contribution in [0.5, 0.6) is 0 Å². The Morgan fingerprint density at radius 1 is 1.47 bits per heavy atom. The fourth-order valence-corrected chi connectivity index (χ4v) is 2.20. The van der Waals surface area contributed by atoms with Crippen molar-refractivity contribution in [2.75, 3.05) is 13.2 Å². The van der Waals surface area contributed by atoms with Crippen molar-refractivity contribution >= 4 is 13.9 Å². The molecule has 1 aliphatic heterocycles. The van der Waals surface area contributed by atoms with E-state index >= 15 is 0 Å². The Bertz CT molecular complexity index is 377. The van der Waals surface area contributed by atoms with Crippen LogP contribution in [0.1, 0.15) is 27.2 Å². The first-order chi connectivity index (χ1) is 8.48. The van der Waals surface area contributed by atoms with Crippen LogP contribution in [0.3, 0.4) is 0 Å². The highest BCUT2D eigenvalue weighted by Crippen LogP contribution is 2.37. The van der Waals surface area contributed by atoms with Gasteiger partial charge in [-0.1, -0.05) is 0 Å². The number of likely N-dealkylation sites (tertiary alicyclic amines) is 1. The predicted octanol–water partition coefficient (Wildman–Crippen LogP) is 0.432. The molecule has 1 amide bonds. The van der Waals surface area contributed by atoms with Crippen molar-refractivity contribution in [3.05, 3.63) is 0 Å². The number of rotatable bonds is 3. The maximum atomic E-state index is 11.9. The van der Waals surface area contributed by atoms with Crippen LogP contribution in [0.25, 0.3) is 0 Å². The average molecular weight is 296 g/mol. The van der Waals surface area contributed by atoms with Gasteiger partial charge in [-0.3, -0.25) is 4.52 Å². The van der Waals surface area contributed by atoms with E-state index in [2.05, 4.69) is 4.52 Å². The Balaban J connectivity index is 2.64. The fourth-order valence-electron chi connectivity index (χ4n) is 1.84. The molecular formula is C10H21N2O6P. The lowest BCUT2D eigenvalue weighted by molar-refractivity contribution is 0.0171. The molecule has 4 N–H and O–H groups in total. The Hall–Kier alpha value is -0.660. The summed E-state index contributed by atoms with van der Waals surface area (Å²) >= 11 is 0. The smallest absolute Gasteiger partial charge is 0.444 e. The molecule has 1 heterocycles. The summed E-state index contributed by atoms with van der Waals surface area (Å²) in [6, 6.07) is -0.740. The number of nitrogens with zero attached hydrogens (tertiary/aromatic N) is 1. The molecule has 1 saturated heterocycles. The number of hydrogen-bond donors (Lipinski definition) is 3. The van der Waals surface area contributed by atoms with Gasteiger partial charge in [0, 0.05) is 12.6 Å². The molecule has 19 heavy (non-hydrogen) atoms. The molecule has 0 aliphatic carbocycles. The highest BCUT2D eigenvalue weighted by Gasteiger charge is 2.37. The maximum Gasteiger partial charge on any atom is 0.469 e. The summed E-state index contributed by atoms with van der Waals surface area (Å²) in [5, 5.41) is 0. The number of carbonyl (C=O) groups excluding carboxylic acids is 1. The Morgan fingerprint density at radius 3 is 2.53 bits per heavy atom. The highest BCUT2D eigenvalue weighted by molar-refractivity contribution is 7.46.